The number of nitriles is 1. The minimum absolute atomic E-state index is 0.373. The summed E-state index contributed by atoms with van der Waals surface area (Å²) < 4.78 is 5.13. The Bertz CT molecular complexity index is 540. The third-order valence-electron chi connectivity index (χ3n) is 2.20. The predicted molar refractivity (Wildman–Crippen MR) is 75.2 cm³/mol. The third-order valence-corrected chi connectivity index (χ3v) is 3.20. The van der Waals surface area contributed by atoms with Gasteiger partial charge in [-0.25, -0.2) is 4.79 Å². The minimum Gasteiger partial charge on any atom is -0.444 e. The van der Waals surface area contributed by atoms with E-state index in [1.807, 2.05) is 6.07 Å². The summed E-state index contributed by atoms with van der Waals surface area (Å²) in [6.45, 7) is 5.21. The first-order chi connectivity index (χ1) is 9.26. The van der Waals surface area contributed by atoms with Crippen molar-refractivity contribution in [3.05, 3.63) is 21.9 Å². The molecule has 0 saturated carbocycles. The molecule has 2 amide bonds. The van der Waals surface area contributed by atoms with E-state index in [1.165, 1.54) is 18.4 Å². The highest BCUT2D eigenvalue weighted by atomic mass is 32.1. The van der Waals surface area contributed by atoms with Gasteiger partial charge in [0, 0.05) is 17.3 Å². The van der Waals surface area contributed by atoms with E-state index < -0.39 is 17.7 Å². The van der Waals surface area contributed by atoms with E-state index in [2.05, 4.69) is 10.6 Å². The van der Waals surface area contributed by atoms with Crippen LogP contribution in [0, 0.1) is 11.3 Å². The lowest BCUT2D eigenvalue weighted by molar-refractivity contribution is -0.122. The van der Waals surface area contributed by atoms with E-state index in [4.69, 9.17) is 10.00 Å². The van der Waals surface area contributed by atoms with Crippen LogP contribution in [-0.4, -0.2) is 24.6 Å². The van der Waals surface area contributed by atoms with Gasteiger partial charge in [0.25, 0.3) is 0 Å². The van der Waals surface area contributed by atoms with Gasteiger partial charge in [-0.3, -0.25) is 4.79 Å². The molecule has 1 aromatic heterocycles. The molecule has 1 rings (SSSR count). The summed E-state index contributed by atoms with van der Waals surface area (Å²) >= 11 is 1.23. The highest BCUT2D eigenvalue weighted by Crippen LogP contribution is 2.22. The number of hydrogen-bond donors (Lipinski definition) is 2. The number of hydrogen-bond acceptors (Lipinski definition) is 5. The summed E-state index contributed by atoms with van der Waals surface area (Å²) in [5, 5.41) is 15.4. The number of ether oxygens (including phenoxy) is 1. The molecule has 6 nitrogen and oxygen atoms in total. The molecule has 20 heavy (non-hydrogen) atoms. The molecule has 0 spiro atoms. The van der Waals surface area contributed by atoms with Crippen LogP contribution >= 0.6 is 11.3 Å². The Hall–Kier alpha value is -2.07. The van der Waals surface area contributed by atoms with Crippen LogP contribution in [0.5, 0.6) is 0 Å². The highest BCUT2D eigenvalue weighted by Gasteiger charge is 2.26. The van der Waals surface area contributed by atoms with Gasteiger partial charge in [0.05, 0.1) is 5.56 Å². The molecule has 1 heterocycles. The zero-order chi connectivity index (χ0) is 15.3. The number of amides is 2. The molecular weight excluding hydrogens is 278 g/mol. The number of likely N-dealkylation sites (N-methyl/N-ethyl adjacent to an activating group) is 1. The van der Waals surface area contributed by atoms with Crippen molar-refractivity contribution < 1.29 is 14.3 Å². The molecule has 108 valence electrons. The maximum Gasteiger partial charge on any atom is 0.408 e. The molecule has 1 unspecified atom stereocenters. The summed E-state index contributed by atoms with van der Waals surface area (Å²) in [5.74, 6) is -0.373. The van der Waals surface area contributed by atoms with Gasteiger partial charge in [-0.15, -0.1) is 11.3 Å². The standard InChI is InChI=1S/C13H17N3O3S/c1-13(2,3)19-12(18)16-10(11(17)15-4)9-5-8(6-14)7-20-9/h5,7,10H,1-4H3,(H,15,17)(H,16,18). The first kappa shape index (κ1) is 16.0. The van der Waals surface area contributed by atoms with Gasteiger partial charge in [-0.05, 0) is 26.8 Å². The quantitative estimate of drug-likeness (QED) is 0.891. The fourth-order valence-electron chi connectivity index (χ4n) is 1.40. The van der Waals surface area contributed by atoms with Crippen molar-refractivity contribution >= 4 is 23.3 Å². The van der Waals surface area contributed by atoms with E-state index in [-0.39, 0.29) is 5.91 Å². The van der Waals surface area contributed by atoms with Crippen LogP contribution in [0.2, 0.25) is 0 Å². The van der Waals surface area contributed by atoms with Crippen LogP contribution in [0.4, 0.5) is 4.79 Å². The van der Waals surface area contributed by atoms with Crippen LogP contribution in [0.3, 0.4) is 0 Å². The van der Waals surface area contributed by atoms with Crippen molar-refractivity contribution in [1.29, 1.82) is 5.26 Å². The van der Waals surface area contributed by atoms with Crippen molar-refractivity contribution in [2.75, 3.05) is 7.05 Å². The second-order valence-electron chi connectivity index (χ2n) is 5.04. The molecule has 0 aliphatic heterocycles. The topological polar surface area (TPSA) is 91.2 Å². The van der Waals surface area contributed by atoms with E-state index >= 15 is 0 Å². The first-order valence-corrected chi connectivity index (χ1v) is 6.84. The van der Waals surface area contributed by atoms with Crippen LogP contribution < -0.4 is 10.6 Å². The minimum atomic E-state index is -0.873. The maximum absolute atomic E-state index is 11.9. The number of alkyl carbamates (subject to hydrolysis) is 1. The molecule has 7 heteroatoms. The van der Waals surface area contributed by atoms with E-state index in [9.17, 15) is 9.59 Å². The number of nitrogens with one attached hydrogen (secondary N) is 2. The van der Waals surface area contributed by atoms with Crippen LogP contribution in [0.1, 0.15) is 37.3 Å². The molecule has 1 atom stereocenters. The Kier molecular flexibility index (Phi) is 5.11. The van der Waals surface area contributed by atoms with Crippen LogP contribution in [-0.2, 0) is 9.53 Å². The molecule has 0 bridgehead atoms. The molecule has 2 N–H and O–H groups in total. The molecule has 0 aliphatic rings. The third kappa shape index (κ3) is 4.55. The van der Waals surface area contributed by atoms with E-state index in [0.717, 1.165) is 0 Å². The Morgan fingerprint density at radius 2 is 2.10 bits per heavy atom. The Balaban J connectivity index is 2.89. The van der Waals surface area contributed by atoms with E-state index in [1.54, 1.807) is 32.2 Å². The lowest BCUT2D eigenvalue weighted by atomic mass is 10.2. The zero-order valence-corrected chi connectivity index (χ0v) is 12.6. The molecular formula is C13H17N3O3S. The Morgan fingerprint density at radius 3 is 2.55 bits per heavy atom. The monoisotopic (exact) mass is 295 g/mol. The van der Waals surface area contributed by atoms with E-state index in [0.29, 0.717) is 10.4 Å². The van der Waals surface area contributed by atoms with Crippen molar-refractivity contribution in [2.24, 2.45) is 0 Å². The predicted octanol–water partition coefficient (Wildman–Crippen LogP) is 1.93. The molecule has 0 saturated heterocycles. The van der Waals surface area contributed by atoms with Gasteiger partial charge < -0.3 is 15.4 Å². The van der Waals surface area contributed by atoms with Crippen molar-refractivity contribution in [3.8, 4) is 6.07 Å². The van der Waals surface area contributed by atoms with Crippen LogP contribution in [0.15, 0.2) is 11.4 Å². The van der Waals surface area contributed by atoms with Crippen LogP contribution in [0.25, 0.3) is 0 Å². The highest BCUT2D eigenvalue weighted by molar-refractivity contribution is 7.10. The lowest BCUT2D eigenvalue weighted by Gasteiger charge is -2.22. The van der Waals surface area contributed by atoms with Gasteiger partial charge in [0.15, 0.2) is 0 Å². The molecule has 0 fully saturated rings. The SMILES string of the molecule is CNC(=O)C(NC(=O)OC(C)(C)C)c1cc(C#N)cs1. The second kappa shape index (κ2) is 6.39. The average Bonchev–Trinajstić information content (AvgIpc) is 2.81. The van der Waals surface area contributed by atoms with Gasteiger partial charge >= 0.3 is 6.09 Å². The Labute approximate surface area is 121 Å². The molecule has 1 aromatic rings. The molecule has 0 aliphatic carbocycles. The van der Waals surface area contributed by atoms with Gasteiger partial charge in [-0.1, -0.05) is 0 Å². The number of thiophene rings is 1. The van der Waals surface area contributed by atoms with Gasteiger partial charge in [0.2, 0.25) is 5.91 Å². The molecule has 0 aromatic carbocycles. The molecule has 0 radical (unpaired) electrons. The summed E-state index contributed by atoms with van der Waals surface area (Å²) in [6.07, 6.45) is -0.682. The average molecular weight is 295 g/mol. The first-order valence-electron chi connectivity index (χ1n) is 5.96. The van der Waals surface area contributed by atoms with Crippen molar-refractivity contribution in [2.45, 2.75) is 32.4 Å². The Morgan fingerprint density at radius 1 is 1.45 bits per heavy atom. The second-order valence-corrected chi connectivity index (χ2v) is 5.99. The zero-order valence-electron chi connectivity index (χ0n) is 11.8. The summed E-state index contributed by atoms with van der Waals surface area (Å²) in [6, 6.07) is 2.68. The largest absolute Gasteiger partial charge is 0.444 e. The normalized spacial score (nSPS) is 12.2. The number of carbonyl (C=O) groups is 2. The summed E-state index contributed by atoms with van der Waals surface area (Å²) in [7, 11) is 1.48. The number of carbonyl (C=O) groups excluding carboxylic acids is 2. The number of rotatable bonds is 3. The summed E-state index contributed by atoms with van der Waals surface area (Å²) in [5.41, 5.74) is -0.199. The fraction of sp³-hybridized carbons (Fsp3) is 0.462. The van der Waals surface area contributed by atoms with Gasteiger partial charge in [-0.2, -0.15) is 5.26 Å². The maximum atomic E-state index is 11.9. The van der Waals surface area contributed by atoms with Gasteiger partial charge in [0.1, 0.15) is 17.7 Å². The van der Waals surface area contributed by atoms with Crippen molar-refractivity contribution in [3.63, 3.8) is 0 Å². The van der Waals surface area contributed by atoms with Crippen molar-refractivity contribution in [1.82, 2.24) is 10.6 Å². The summed E-state index contributed by atoms with van der Waals surface area (Å²) in [4.78, 5) is 24.2. The fourth-order valence-corrected chi connectivity index (χ4v) is 2.28. The lowest BCUT2D eigenvalue weighted by Crippen LogP contribution is -2.41. The smallest absolute Gasteiger partial charge is 0.408 e. The number of nitrogens with zero attached hydrogens (tertiary/aromatic N) is 1.